The van der Waals surface area contributed by atoms with Gasteiger partial charge in [-0.1, -0.05) is 43.7 Å². The SMILES string of the molecule is CCCCC1=CC(O)(C(F)(F)F)N(C(=O)C(=O)NCCc2ccccc2)N1. The third-order valence-corrected chi connectivity index (χ3v) is 4.13. The predicted octanol–water partition coefficient (Wildman–Crippen LogP) is 2.02. The molecule has 9 heteroatoms. The van der Waals surface area contributed by atoms with E-state index in [9.17, 15) is 27.9 Å². The van der Waals surface area contributed by atoms with Crippen molar-refractivity contribution in [1.29, 1.82) is 0 Å². The summed E-state index contributed by atoms with van der Waals surface area (Å²) in [5, 5.41) is 12.3. The molecule has 6 nitrogen and oxygen atoms in total. The fourth-order valence-corrected chi connectivity index (χ4v) is 2.62. The van der Waals surface area contributed by atoms with Gasteiger partial charge >= 0.3 is 18.0 Å². The summed E-state index contributed by atoms with van der Waals surface area (Å²) in [4.78, 5) is 24.2. The van der Waals surface area contributed by atoms with Crippen molar-refractivity contribution in [2.45, 2.75) is 44.5 Å². The molecule has 1 aliphatic heterocycles. The highest BCUT2D eigenvalue weighted by atomic mass is 19.4. The standard InChI is InChI=1S/C18H22F3N3O3/c1-2-3-9-14-12-17(27,18(19,20)21)24(23-14)16(26)15(25)22-11-10-13-7-5-4-6-8-13/h4-8,12,23,27H,2-3,9-11H2,1H3,(H,22,25). The summed E-state index contributed by atoms with van der Waals surface area (Å²) >= 11 is 0. The number of nitrogens with one attached hydrogen (secondary N) is 2. The van der Waals surface area contributed by atoms with Crippen LogP contribution in [0.25, 0.3) is 0 Å². The van der Waals surface area contributed by atoms with Crippen molar-refractivity contribution in [3.63, 3.8) is 0 Å². The topological polar surface area (TPSA) is 81.7 Å². The number of aliphatic hydroxyl groups is 1. The quantitative estimate of drug-likeness (QED) is 0.655. The van der Waals surface area contributed by atoms with E-state index >= 15 is 0 Å². The van der Waals surface area contributed by atoms with E-state index in [2.05, 4.69) is 10.7 Å². The average Bonchev–Trinajstić information content (AvgIpc) is 2.98. The number of unbranched alkanes of at least 4 members (excludes halogenated alkanes) is 1. The number of carbonyl (C=O) groups is 2. The van der Waals surface area contributed by atoms with Gasteiger partial charge in [-0.2, -0.15) is 13.2 Å². The summed E-state index contributed by atoms with van der Waals surface area (Å²) in [6, 6.07) is 9.09. The van der Waals surface area contributed by atoms with Crippen molar-refractivity contribution in [2.24, 2.45) is 0 Å². The minimum Gasteiger partial charge on any atom is -0.359 e. The van der Waals surface area contributed by atoms with Crippen molar-refractivity contribution >= 4 is 11.8 Å². The maximum Gasteiger partial charge on any atom is 0.442 e. The third kappa shape index (κ3) is 4.79. The Morgan fingerprint density at radius 3 is 2.48 bits per heavy atom. The number of nitrogens with zero attached hydrogens (tertiary/aromatic N) is 1. The van der Waals surface area contributed by atoms with Crippen molar-refractivity contribution in [3.05, 3.63) is 47.7 Å². The highest BCUT2D eigenvalue weighted by molar-refractivity contribution is 6.35. The molecule has 0 saturated carbocycles. The molecule has 1 unspecified atom stereocenters. The summed E-state index contributed by atoms with van der Waals surface area (Å²) in [6.45, 7) is 1.93. The van der Waals surface area contributed by atoms with Crippen LogP contribution in [-0.4, -0.2) is 40.4 Å². The van der Waals surface area contributed by atoms with Crippen LogP contribution in [0.2, 0.25) is 0 Å². The lowest BCUT2D eigenvalue weighted by Crippen LogP contribution is -2.63. The number of rotatable bonds is 6. The second-order valence-electron chi connectivity index (χ2n) is 6.24. The van der Waals surface area contributed by atoms with Crippen LogP contribution >= 0.6 is 0 Å². The lowest BCUT2D eigenvalue weighted by Gasteiger charge is -2.33. The monoisotopic (exact) mass is 385 g/mol. The summed E-state index contributed by atoms with van der Waals surface area (Å²) in [6.07, 6.45) is -2.70. The molecule has 2 amide bonds. The molecule has 1 aromatic carbocycles. The van der Waals surface area contributed by atoms with Gasteiger partial charge in [-0.15, -0.1) is 0 Å². The van der Waals surface area contributed by atoms with Crippen LogP contribution in [0.5, 0.6) is 0 Å². The number of carbonyl (C=O) groups excluding carboxylic acids is 2. The Balaban J connectivity index is 2.03. The molecule has 0 radical (unpaired) electrons. The fourth-order valence-electron chi connectivity index (χ4n) is 2.62. The molecule has 0 fully saturated rings. The summed E-state index contributed by atoms with van der Waals surface area (Å²) in [5.74, 6) is -2.74. The van der Waals surface area contributed by atoms with Gasteiger partial charge in [0.2, 0.25) is 0 Å². The minimum atomic E-state index is -5.16. The van der Waals surface area contributed by atoms with E-state index in [-0.39, 0.29) is 23.7 Å². The molecule has 0 saturated heterocycles. The smallest absolute Gasteiger partial charge is 0.359 e. The molecule has 3 N–H and O–H groups in total. The summed E-state index contributed by atoms with van der Waals surface area (Å²) in [5.41, 5.74) is -0.394. The first-order valence-electron chi connectivity index (χ1n) is 8.63. The Morgan fingerprint density at radius 2 is 1.89 bits per heavy atom. The van der Waals surface area contributed by atoms with Gasteiger partial charge in [-0.25, -0.2) is 5.01 Å². The molecule has 0 bridgehead atoms. The Hall–Kier alpha value is -2.55. The molecule has 0 aromatic heterocycles. The Labute approximate surface area is 155 Å². The first kappa shape index (κ1) is 20.8. The van der Waals surface area contributed by atoms with E-state index in [0.717, 1.165) is 12.0 Å². The van der Waals surface area contributed by atoms with Crippen LogP contribution < -0.4 is 10.7 Å². The van der Waals surface area contributed by atoms with Gasteiger partial charge in [0.25, 0.3) is 5.72 Å². The van der Waals surface area contributed by atoms with Crippen LogP contribution in [0.3, 0.4) is 0 Å². The van der Waals surface area contributed by atoms with E-state index < -0.39 is 23.7 Å². The van der Waals surface area contributed by atoms with Crippen molar-refractivity contribution in [1.82, 2.24) is 15.8 Å². The number of hydrogen-bond donors (Lipinski definition) is 3. The van der Waals surface area contributed by atoms with Gasteiger partial charge in [0.1, 0.15) is 0 Å². The fraction of sp³-hybridized carbons (Fsp3) is 0.444. The van der Waals surface area contributed by atoms with Gasteiger partial charge in [0, 0.05) is 12.2 Å². The van der Waals surface area contributed by atoms with Gasteiger partial charge in [-0.3, -0.25) is 15.0 Å². The van der Waals surface area contributed by atoms with E-state index in [4.69, 9.17) is 0 Å². The maximum absolute atomic E-state index is 13.3. The number of halogens is 3. The lowest BCUT2D eigenvalue weighted by atomic mass is 10.1. The number of alkyl halides is 3. The zero-order chi connectivity index (χ0) is 20.1. The number of allylic oxidation sites excluding steroid dienone is 1. The molecule has 1 heterocycles. The molecule has 1 aliphatic rings. The zero-order valence-corrected chi connectivity index (χ0v) is 14.8. The molecule has 1 atom stereocenters. The first-order chi connectivity index (χ1) is 12.7. The largest absolute Gasteiger partial charge is 0.442 e. The van der Waals surface area contributed by atoms with Gasteiger partial charge in [0.15, 0.2) is 0 Å². The van der Waals surface area contributed by atoms with Crippen molar-refractivity contribution in [2.75, 3.05) is 6.54 Å². The Kier molecular flexibility index (Phi) is 6.48. The molecule has 2 rings (SSSR count). The van der Waals surface area contributed by atoms with E-state index in [0.29, 0.717) is 18.9 Å². The van der Waals surface area contributed by atoms with Crippen LogP contribution in [0, 0.1) is 0 Å². The molecule has 1 aromatic rings. The van der Waals surface area contributed by atoms with Crippen LogP contribution in [-0.2, 0) is 16.0 Å². The van der Waals surface area contributed by atoms with E-state index in [1.54, 1.807) is 0 Å². The van der Waals surface area contributed by atoms with Gasteiger partial charge in [-0.05, 0) is 30.9 Å². The molecular weight excluding hydrogens is 363 g/mol. The number of hydrogen-bond acceptors (Lipinski definition) is 4. The van der Waals surface area contributed by atoms with Crippen LogP contribution in [0.1, 0.15) is 31.7 Å². The summed E-state index contributed by atoms with van der Waals surface area (Å²) in [7, 11) is 0. The highest BCUT2D eigenvalue weighted by Gasteiger charge is 2.62. The first-order valence-corrected chi connectivity index (χ1v) is 8.63. The Morgan fingerprint density at radius 1 is 1.22 bits per heavy atom. The summed E-state index contributed by atoms with van der Waals surface area (Å²) < 4.78 is 40.0. The minimum absolute atomic E-state index is 0.0436. The van der Waals surface area contributed by atoms with Crippen LogP contribution in [0.4, 0.5) is 13.2 Å². The molecule has 27 heavy (non-hydrogen) atoms. The molecule has 0 aliphatic carbocycles. The van der Waals surface area contributed by atoms with Crippen molar-refractivity contribution in [3.8, 4) is 0 Å². The van der Waals surface area contributed by atoms with Gasteiger partial charge in [0.05, 0.1) is 0 Å². The van der Waals surface area contributed by atoms with E-state index in [1.165, 1.54) is 0 Å². The normalized spacial score (nSPS) is 19.4. The second kappa shape index (κ2) is 8.43. The molecule has 148 valence electrons. The molecular formula is C18H22F3N3O3. The average molecular weight is 385 g/mol. The van der Waals surface area contributed by atoms with Crippen LogP contribution in [0.15, 0.2) is 42.1 Å². The number of hydrazine groups is 1. The third-order valence-electron chi connectivity index (χ3n) is 4.13. The second-order valence-corrected chi connectivity index (χ2v) is 6.24. The lowest BCUT2D eigenvalue weighted by molar-refractivity contribution is -0.288. The highest BCUT2D eigenvalue weighted by Crippen LogP contribution is 2.38. The van der Waals surface area contributed by atoms with Crippen molar-refractivity contribution < 1.29 is 27.9 Å². The number of benzene rings is 1. The predicted molar refractivity (Wildman–Crippen MR) is 91.8 cm³/mol. The Bertz CT molecular complexity index is 707. The molecule has 0 spiro atoms. The maximum atomic E-state index is 13.3. The zero-order valence-electron chi connectivity index (χ0n) is 14.8. The van der Waals surface area contributed by atoms with Gasteiger partial charge < -0.3 is 10.4 Å². The number of amides is 2. The van der Waals surface area contributed by atoms with E-state index in [1.807, 2.05) is 37.3 Å².